The summed E-state index contributed by atoms with van der Waals surface area (Å²) in [5.74, 6) is -0.0233. The van der Waals surface area contributed by atoms with E-state index in [9.17, 15) is 26.9 Å². The van der Waals surface area contributed by atoms with Crippen LogP contribution in [-0.2, 0) is 23.2 Å². The van der Waals surface area contributed by atoms with E-state index in [0.29, 0.717) is 5.69 Å². The minimum absolute atomic E-state index is 0.0353. The van der Waals surface area contributed by atoms with E-state index >= 15 is 0 Å². The van der Waals surface area contributed by atoms with Crippen molar-refractivity contribution in [3.63, 3.8) is 0 Å². The first-order chi connectivity index (χ1) is 16.1. The Labute approximate surface area is 195 Å². The zero-order chi connectivity index (χ0) is 24.5. The number of sulfonamides is 1. The van der Waals surface area contributed by atoms with Crippen molar-refractivity contribution in [2.45, 2.75) is 11.1 Å². The van der Waals surface area contributed by atoms with Crippen molar-refractivity contribution in [1.29, 1.82) is 5.26 Å². The Morgan fingerprint density at radius 3 is 2.59 bits per heavy atom. The van der Waals surface area contributed by atoms with Gasteiger partial charge in [-0.3, -0.25) is 9.40 Å². The minimum atomic E-state index is -4.69. The van der Waals surface area contributed by atoms with Gasteiger partial charge in [0, 0.05) is 24.2 Å². The molecule has 9 nitrogen and oxygen atoms in total. The molecular formula is C20H13F3N6O3S2. The van der Waals surface area contributed by atoms with Gasteiger partial charge in [0.05, 0.1) is 27.9 Å². The lowest BCUT2D eigenvalue weighted by Gasteiger charge is -2.15. The van der Waals surface area contributed by atoms with Crippen molar-refractivity contribution in [3.05, 3.63) is 64.9 Å². The van der Waals surface area contributed by atoms with E-state index in [0.717, 1.165) is 18.3 Å². The van der Waals surface area contributed by atoms with Crippen LogP contribution in [0.1, 0.15) is 11.3 Å². The number of alkyl halides is 3. The first kappa shape index (κ1) is 23.2. The normalized spacial score (nSPS) is 11.7. The standard InChI is InChI=1S/C20H13F3N6O3S2/c1-29-15(4-5-27-29)14-7-18(20(21,22)23)25-9-17(14)32-16-3-2-13(6-12(16)8-24)34(30,31)28-19-10-33-11-26-19/h2-7,9-11,28H,1H3. The SMILES string of the molecule is Cn1nccc1-c1cc(C(F)(F)F)ncc1Oc1ccc(S(=O)(=O)Nc2cscn2)cc1C#N. The average Bonchev–Trinajstić information content (AvgIpc) is 3.44. The van der Waals surface area contributed by atoms with Crippen LogP contribution in [0.3, 0.4) is 0 Å². The summed E-state index contributed by atoms with van der Waals surface area (Å²) >= 11 is 1.20. The Morgan fingerprint density at radius 1 is 1.18 bits per heavy atom. The minimum Gasteiger partial charge on any atom is -0.454 e. The topological polar surface area (TPSA) is 123 Å². The van der Waals surface area contributed by atoms with Gasteiger partial charge in [0.1, 0.15) is 17.5 Å². The number of rotatable bonds is 6. The van der Waals surface area contributed by atoms with E-state index < -0.39 is 21.9 Å². The van der Waals surface area contributed by atoms with E-state index in [1.165, 1.54) is 51.3 Å². The van der Waals surface area contributed by atoms with Gasteiger partial charge in [0.15, 0.2) is 11.6 Å². The van der Waals surface area contributed by atoms with Crippen LogP contribution < -0.4 is 9.46 Å². The van der Waals surface area contributed by atoms with Crippen LogP contribution >= 0.6 is 11.3 Å². The molecule has 1 aromatic carbocycles. The van der Waals surface area contributed by atoms with Crippen LogP contribution in [0.25, 0.3) is 11.3 Å². The molecule has 4 aromatic rings. The molecular weight excluding hydrogens is 493 g/mol. The van der Waals surface area contributed by atoms with Crippen molar-refractivity contribution < 1.29 is 26.3 Å². The summed E-state index contributed by atoms with van der Waals surface area (Å²) in [6.45, 7) is 0. The van der Waals surface area contributed by atoms with Crippen LogP contribution in [0, 0.1) is 11.3 Å². The van der Waals surface area contributed by atoms with Gasteiger partial charge < -0.3 is 4.74 Å². The third kappa shape index (κ3) is 4.70. The van der Waals surface area contributed by atoms with Crippen molar-refractivity contribution >= 4 is 27.2 Å². The zero-order valence-corrected chi connectivity index (χ0v) is 18.7. The number of aryl methyl sites for hydroxylation is 1. The van der Waals surface area contributed by atoms with Gasteiger partial charge in [-0.05, 0) is 30.3 Å². The molecule has 0 unspecified atom stereocenters. The number of nitrogens with one attached hydrogen (secondary N) is 1. The molecule has 0 bridgehead atoms. The lowest BCUT2D eigenvalue weighted by atomic mass is 10.1. The maximum Gasteiger partial charge on any atom is 0.433 e. The summed E-state index contributed by atoms with van der Waals surface area (Å²) in [7, 11) is -2.49. The molecule has 0 amide bonds. The van der Waals surface area contributed by atoms with Crippen molar-refractivity contribution in [2.75, 3.05) is 4.72 Å². The molecule has 174 valence electrons. The molecule has 0 aliphatic carbocycles. The van der Waals surface area contributed by atoms with Crippen molar-refractivity contribution in [3.8, 4) is 28.8 Å². The highest BCUT2D eigenvalue weighted by Crippen LogP contribution is 2.38. The summed E-state index contributed by atoms with van der Waals surface area (Å²) in [5, 5.41) is 15.0. The molecule has 14 heteroatoms. The van der Waals surface area contributed by atoms with Gasteiger partial charge in [-0.15, -0.1) is 11.3 Å². The number of pyridine rings is 1. The van der Waals surface area contributed by atoms with Gasteiger partial charge in [-0.25, -0.2) is 18.4 Å². The fourth-order valence-electron chi connectivity index (χ4n) is 2.95. The first-order valence-corrected chi connectivity index (χ1v) is 11.7. The van der Waals surface area contributed by atoms with E-state index in [2.05, 4.69) is 19.8 Å². The molecule has 3 heterocycles. The Hall–Kier alpha value is -3.96. The predicted octanol–water partition coefficient (Wildman–Crippen LogP) is 4.42. The van der Waals surface area contributed by atoms with Gasteiger partial charge in [0.2, 0.25) is 0 Å². The van der Waals surface area contributed by atoms with Crippen molar-refractivity contribution in [1.82, 2.24) is 19.7 Å². The molecule has 0 radical (unpaired) electrons. The Balaban J connectivity index is 1.73. The lowest BCUT2D eigenvalue weighted by Crippen LogP contribution is -2.13. The maximum absolute atomic E-state index is 13.2. The fourth-order valence-corrected chi connectivity index (χ4v) is 4.53. The van der Waals surface area contributed by atoms with E-state index in [1.54, 1.807) is 7.05 Å². The molecule has 0 spiro atoms. The summed E-state index contributed by atoms with van der Waals surface area (Å²) in [4.78, 5) is 7.06. The quantitative estimate of drug-likeness (QED) is 0.411. The van der Waals surface area contributed by atoms with Crippen LogP contribution in [0.5, 0.6) is 11.5 Å². The summed E-state index contributed by atoms with van der Waals surface area (Å²) in [6.07, 6.45) is -2.40. The summed E-state index contributed by atoms with van der Waals surface area (Å²) < 4.78 is 74.3. The monoisotopic (exact) mass is 506 g/mol. The van der Waals surface area contributed by atoms with E-state index in [4.69, 9.17) is 4.74 Å². The maximum atomic E-state index is 13.2. The average molecular weight is 506 g/mol. The Kier molecular flexibility index (Phi) is 5.98. The molecule has 0 saturated carbocycles. The lowest BCUT2D eigenvalue weighted by molar-refractivity contribution is -0.141. The highest BCUT2D eigenvalue weighted by atomic mass is 32.2. The number of nitriles is 1. The van der Waals surface area contributed by atoms with E-state index in [1.807, 2.05) is 6.07 Å². The van der Waals surface area contributed by atoms with Gasteiger partial charge >= 0.3 is 6.18 Å². The molecule has 1 N–H and O–H groups in total. The number of ether oxygens (including phenoxy) is 1. The first-order valence-electron chi connectivity index (χ1n) is 9.27. The number of halogens is 3. The second-order valence-corrected chi connectivity index (χ2v) is 9.16. The molecule has 0 aliphatic heterocycles. The number of anilines is 1. The highest BCUT2D eigenvalue weighted by molar-refractivity contribution is 7.92. The van der Waals surface area contributed by atoms with Crippen LogP contribution in [0.15, 0.2) is 58.5 Å². The Bertz CT molecular complexity index is 1490. The van der Waals surface area contributed by atoms with Crippen LogP contribution in [0.4, 0.5) is 19.0 Å². The van der Waals surface area contributed by atoms with Crippen molar-refractivity contribution in [2.24, 2.45) is 7.05 Å². The van der Waals surface area contributed by atoms with Crippen LogP contribution in [0.2, 0.25) is 0 Å². The van der Waals surface area contributed by atoms with Gasteiger partial charge in [-0.1, -0.05) is 0 Å². The number of hydrogen-bond donors (Lipinski definition) is 1. The molecule has 0 atom stereocenters. The summed E-state index contributed by atoms with van der Waals surface area (Å²) in [6, 6.07) is 7.67. The molecule has 34 heavy (non-hydrogen) atoms. The smallest absolute Gasteiger partial charge is 0.433 e. The largest absolute Gasteiger partial charge is 0.454 e. The number of hydrogen-bond acceptors (Lipinski definition) is 8. The highest BCUT2D eigenvalue weighted by Gasteiger charge is 2.34. The second kappa shape index (κ2) is 8.76. The van der Waals surface area contributed by atoms with Gasteiger partial charge in [-0.2, -0.15) is 23.5 Å². The molecule has 4 rings (SSSR count). The Morgan fingerprint density at radius 2 is 1.97 bits per heavy atom. The molecule has 0 fully saturated rings. The number of aromatic nitrogens is 4. The predicted molar refractivity (Wildman–Crippen MR) is 116 cm³/mol. The number of thiazole rings is 1. The third-order valence-corrected chi connectivity index (χ3v) is 6.47. The fraction of sp³-hybridized carbons (Fsp3) is 0.100. The second-order valence-electron chi connectivity index (χ2n) is 6.75. The molecule has 0 saturated heterocycles. The number of benzene rings is 1. The zero-order valence-electron chi connectivity index (χ0n) is 17.1. The molecule has 0 aliphatic rings. The third-order valence-electron chi connectivity index (χ3n) is 4.53. The van der Waals surface area contributed by atoms with E-state index in [-0.39, 0.29) is 33.3 Å². The van der Waals surface area contributed by atoms with Gasteiger partial charge in [0.25, 0.3) is 10.0 Å². The summed E-state index contributed by atoms with van der Waals surface area (Å²) in [5.41, 5.74) is 0.511. The molecule has 3 aromatic heterocycles. The number of nitrogens with zero attached hydrogens (tertiary/aromatic N) is 5. The van der Waals surface area contributed by atoms with Crippen LogP contribution in [-0.4, -0.2) is 28.2 Å².